The van der Waals surface area contributed by atoms with Crippen LogP contribution in [0.2, 0.25) is 0 Å². The summed E-state index contributed by atoms with van der Waals surface area (Å²) in [6, 6.07) is 6.39. The van der Waals surface area contributed by atoms with Gasteiger partial charge in [0.2, 0.25) is 10.0 Å². The highest BCUT2D eigenvalue weighted by molar-refractivity contribution is 9.10. The highest BCUT2D eigenvalue weighted by Gasteiger charge is 2.32. The summed E-state index contributed by atoms with van der Waals surface area (Å²) in [6.45, 7) is 0.556. The molecule has 0 unspecified atom stereocenters. The third-order valence-electron chi connectivity index (χ3n) is 4.27. The number of hydrogen-bond donors (Lipinski definition) is 2. The number of sulfonamides is 1. The standard InChI is InChI=1S/C16H16BrN3O5S/c17-11-3-5-12(6-4-11)26(24,25)20-7-1-2-10(9-20)14-18-8-13(16(22)23)15(21)19-14/h3-6,8,10H,1-2,7,9H2,(H,22,23)(H,18,19,21)/t10-/m0/s1. The van der Waals surface area contributed by atoms with Crippen LogP contribution in [0.3, 0.4) is 0 Å². The Morgan fingerprint density at radius 1 is 1.31 bits per heavy atom. The van der Waals surface area contributed by atoms with Gasteiger partial charge in [0, 0.05) is 29.7 Å². The van der Waals surface area contributed by atoms with Crippen LogP contribution in [0.25, 0.3) is 0 Å². The lowest BCUT2D eigenvalue weighted by atomic mass is 9.99. The monoisotopic (exact) mass is 441 g/mol. The molecular formula is C16H16BrN3O5S. The van der Waals surface area contributed by atoms with Crippen molar-refractivity contribution in [3.8, 4) is 0 Å². The summed E-state index contributed by atoms with van der Waals surface area (Å²) in [5, 5.41) is 8.91. The molecule has 138 valence electrons. The molecular weight excluding hydrogens is 426 g/mol. The second-order valence-corrected chi connectivity index (χ2v) is 8.83. The molecule has 2 heterocycles. The van der Waals surface area contributed by atoms with E-state index >= 15 is 0 Å². The second kappa shape index (κ2) is 7.29. The van der Waals surface area contributed by atoms with Crippen molar-refractivity contribution in [1.82, 2.24) is 14.3 Å². The molecule has 0 aliphatic carbocycles. The van der Waals surface area contributed by atoms with E-state index in [1.807, 2.05) is 0 Å². The molecule has 0 saturated carbocycles. The number of aromatic nitrogens is 2. The number of aromatic carboxylic acids is 1. The zero-order valence-corrected chi connectivity index (χ0v) is 16.0. The minimum atomic E-state index is -3.65. The molecule has 8 nitrogen and oxygen atoms in total. The number of nitrogens with one attached hydrogen (secondary N) is 1. The number of rotatable bonds is 4. The van der Waals surface area contributed by atoms with Crippen LogP contribution in [0.4, 0.5) is 0 Å². The first-order chi connectivity index (χ1) is 12.3. The molecule has 3 rings (SSSR count). The average Bonchev–Trinajstić information content (AvgIpc) is 2.62. The van der Waals surface area contributed by atoms with Crippen molar-refractivity contribution < 1.29 is 18.3 Å². The van der Waals surface area contributed by atoms with Crippen molar-refractivity contribution in [2.75, 3.05) is 13.1 Å². The van der Waals surface area contributed by atoms with Gasteiger partial charge in [-0.1, -0.05) is 15.9 Å². The molecule has 0 spiro atoms. The Bertz CT molecular complexity index is 988. The molecule has 1 saturated heterocycles. The van der Waals surface area contributed by atoms with Gasteiger partial charge in [-0.3, -0.25) is 4.79 Å². The molecule has 2 aromatic rings. The number of hydrogen-bond acceptors (Lipinski definition) is 5. The van der Waals surface area contributed by atoms with Crippen LogP contribution in [-0.2, 0) is 10.0 Å². The first-order valence-electron chi connectivity index (χ1n) is 7.87. The predicted octanol–water partition coefficient (Wildman–Crippen LogP) is 1.80. The van der Waals surface area contributed by atoms with Gasteiger partial charge in [-0.2, -0.15) is 4.31 Å². The molecule has 0 bridgehead atoms. The SMILES string of the molecule is O=C(O)c1cnc([C@H]2CCCN(S(=O)(=O)c3ccc(Br)cc3)C2)[nH]c1=O. The minimum absolute atomic E-state index is 0.174. The summed E-state index contributed by atoms with van der Waals surface area (Å²) in [7, 11) is -3.65. The lowest BCUT2D eigenvalue weighted by Gasteiger charge is -2.31. The van der Waals surface area contributed by atoms with Gasteiger partial charge in [0.25, 0.3) is 5.56 Å². The Morgan fingerprint density at radius 2 is 2.00 bits per heavy atom. The van der Waals surface area contributed by atoms with Crippen molar-refractivity contribution in [3.63, 3.8) is 0 Å². The van der Waals surface area contributed by atoms with E-state index in [2.05, 4.69) is 25.9 Å². The summed E-state index contributed by atoms with van der Waals surface area (Å²) in [6.07, 6.45) is 2.28. The zero-order chi connectivity index (χ0) is 18.9. The molecule has 1 aliphatic heterocycles. The van der Waals surface area contributed by atoms with Crippen LogP contribution in [0.1, 0.15) is 34.9 Å². The van der Waals surface area contributed by atoms with Crippen molar-refractivity contribution in [1.29, 1.82) is 0 Å². The van der Waals surface area contributed by atoms with Gasteiger partial charge in [-0.15, -0.1) is 0 Å². The largest absolute Gasteiger partial charge is 0.477 e. The van der Waals surface area contributed by atoms with Crippen molar-refractivity contribution >= 4 is 31.9 Å². The quantitative estimate of drug-likeness (QED) is 0.745. The Hall–Kier alpha value is -2.04. The smallest absolute Gasteiger partial charge is 0.342 e. The number of piperidine rings is 1. The highest BCUT2D eigenvalue weighted by atomic mass is 79.9. The average molecular weight is 442 g/mol. The number of aromatic amines is 1. The number of H-pyrrole nitrogens is 1. The fourth-order valence-corrected chi connectivity index (χ4v) is 4.70. The number of carboxylic acids is 1. The lowest BCUT2D eigenvalue weighted by molar-refractivity contribution is 0.0694. The van der Waals surface area contributed by atoms with E-state index in [1.54, 1.807) is 12.1 Å². The number of halogens is 1. The summed E-state index contributed by atoms with van der Waals surface area (Å²) in [5.74, 6) is -1.35. The topological polar surface area (TPSA) is 120 Å². The molecule has 1 fully saturated rings. The molecule has 26 heavy (non-hydrogen) atoms. The van der Waals surface area contributed by atoms with Crippen LogP contribution < -0.4 is 5.56 Å². The number of nitrogens with zero attached hydrogens (tertiary/aromatic N) is 2. The normalized spacial score (nSPS) is 18.6. The maximum atomic E-state index is 12.8. The zero-order valence-electron chi connectivity index (χ0n) is 13.6. The summed E-state index contributed by atoms with van der Waals surface area (Å²) >= 11 is 3.28. The minimum Gasteiger partial charge on any atom is -0.477 e. The number of carboxylic acid groups (broad SMARTS) is 1. The van der Waals surface area contributed by atoms with Crippen LogP contribution in [-0.4, -0.2) is 46.9 Å². The fraction of sp³-hybridized carbons (Fsp3) is 0.312. The second-order valence-electron chi connectivity index (χ2n) is 5.97. The molecule has 1 aromatic heterocycles. The van der Waals surface area contributed by atoms with E-state index in [1.165, 1.54) is 16.4 Å². The van der Waals surface area contributed by atoms with Crippen LogP contribution in [0.5, 0.6) is 0 Å². The Labute approximate surface area is 158 Å². The molecule has 0 amide bonds. The van der Waals surface area contributed by atoms with E-state index in [9.17, 15) is 18.0 Å². The van der Waals surface area contributed by atoms with Gasteiger partial charge in [0.1, 0.15) is 11.4 Å². The maximum absolute atomic E-state index is 12.8. The van der Waals surface area contributed by atoms with Gasteiger partial charge in [0.05, 0.1) is 4.90 Å². The third-order valence-corrected chi connectivity index (χ3v) is 6.68. The first kappa shape index (κ1) is 18.7. The molecule has 1 aromatic carbocycles. The predicted molar refractivity (Wildman–Crippen MR) is 96.7 cm³/mol. The van der Waals surface area contributed by atoms with E-state index in [4.69, 9.17) is 5.11 Å². The molecule has 1 atom stereocenters. The maximum Gasteiger partial charge on any atom is 0.342 e. The van der Waals surface area contributed by atoms with Gasteiger partial charge < -0.3 is 10.1 Å². The first-order valence-corrected chi connectivity index (χ1v) is 10.1. The lowest BCUT2D eigenvalue weighted by Crippen LogP contribution is -2.40. The van der Waals surface area contributed by atoms with Gasteiger partial charge >= 0.3 is 5.97 Å². The van der Waals surface area contributed by atoms with E-state index in [0.29, 0.717) is 25.2 Å². The van der Waals surface area contributed by atoms with E-state index < -0.39 is 27.1 Å². The number of benzene rings is 1. The van der Waals surface area contributed by atoms with Crippen molar-refractivity contribution in [3.05, 3.63) is 56.7 Å². The van der Waals surface area contributed by atoms with Gasteiger partial charge in [-0.25, -0.2) is 18.2 Å². The molecule has 1 aliphatic rings. The van der Waals surface area contributed by atoms with E-state index in [-0.39, 0.29) is 17.4 Å². The van der Waals surface area contributed by atoms with Crippen LogP contribution in [0, 0.1) is 0 Å². The Kier molecular flexibility index (Phi) is 5.26. The van der Waals surface area contributed by atoms with Crippen molar-refractivity contribution in [2.24, 2.45) is 0 Å². The summed E-state index contributed by atoms with van der Waals surface area (Å²) in [4.78, 5) is 29.5. The Morgan fingerprint density at radius 3 is 2.62 bits per heavy atom. The molecule has 2 N–H and O–H groups in total. The van der Waals surface area contributed by atoms with Gasteiger partial charge in [-0.05, 0) is 37.1 Å². The molecule has 10 heteroatoms. The summed E-state index contributed by atoms with van der Waals surface area (Å²) in [5.41, 5.74) is -1.18. The van der Waals surface area contributed by atoms with Crippen LogP contribution in [0.15, 0.2) is 44.6 Å². The number of carbonyl (C=O) groups is 1. The van der Waals surface area contributed by atoms with Crippen LogP contribution >= 0.6 is 15.9 Å². The summed E-state index contributed by atoms with van der Waals surface area (Å²) < 4.78 is 27.8. The fourth-order valence-electron chi connectivity index (χ4n) is 2.91. The van der Waals surface area contributed by atoms with Gasteiger partial charge in [0.15, 0.2) is 0 Å². The Balaban J connectivity index is 1.85. The molecule has 0 radical (unpaired) electrons. The van der Waals surface area contributed by atoms with Crippen molar-refractivity contribution in [2.45, 2.75) is 23.7 Å². The highest BCUT2D eigenvalue weighted by Crippen LogP contribution is 2.28. The third kappa shape index (κ3) is 3.71. The van der Waals surface area contributed by atoms with E-state index in [0.717, 1.165) is 10.7 Å².